The van der Waals surface area contributed by atoms with Crippen molar-refractivity contribution in [1.29, 1.82) is 0 Å². The van der Waals surface area contributed by atoms with E-state index in [0.29, 0.717) is 45.9 Å². The van der Waals surface area contributed by atoms with Crippen molar-refractivity contribution >= 4 is 43.5 Å². The number of carbonyl (C=O) groups excluding carboxylic acids is 1. The number of anilines is 1. The molecule has 0 aliphatic rings. The van der Waals surface area contributed by atoms with Gasteiger partial charge < -0.3 is 16.0 Å². The molecule has 13 heteroatoms. The highest BCUT2D eigenvalue weighted by Gasteiger charge is 2.21. The Labute approximate surface area is 239 Å². The third-order valence-electron chi connectivity index (χ3n) is 6.87. The van der Waals surface area contributed by atoms with E-state index in [-0.39, 0.29) is 11.5 Å². The van der Waals surface area contributed by atoms with Crippen LogP contribution in [0.2, 0.25) is 0 Å². The molecular formula is C29H25FN8O3S. The minimum Gasteiger partial charge on any atom is -0.325 e. The Morgan fingerprint density at radius 3 is 2.69 bits per heavy atom. The SMILES string of the molecule is CCC(=O)Nc1cncc(-c2ccc3[nH]nc(-c4nc5c(-c6cc(F)cc(C(N)S(C)(=O)=O)c6)ccnc5[nH]4)c3c2)c1. The maximum absolute atomic E-state index is 14.6. The quantitative estimate of drug-likeness (QED) is 0.209. The molecule has 0 fully saturated rings. The molecule has 1 amide bonds. The van der Waals surface area contributed by atoms with Gasteiger partial charge >= 0.3 is 0 Å². The Bertz CT molecular complexity index is 2110. The molecule has 0 spiro atoms. The van der Waals surface area contributed by atoms with Crippen molar-refractivity contribution in [2.45, 2.75) is 18.7 Å². The molecule has 0 bridgehead atoms. The van der Waals surface area contributed by atoms with Crippen LogP contribution in [0, 0.1) is 5.82 Å². The van der Waals surface area contributed by atoms with Crippen LogP contribution < -0.4 is 11.1 Å². The van der Waals surface area contributed by atoms with Crippen molar-refractivity contribution in [3.8, 4) is 33.8 Å². The third kappa shape index (κ3) is 5.10. The molecule has 5 N–H and O–H groups in total. The van der Waals surface area contributed by atoms with Gasteiger partial charge in [0, 0.05) is 41.6 Å². The van der Waals surface area contributed by atoms with Gasteiger partial charge in [-0.2, -0.15) is 5.10 Å². The number of nitrogens with two attached hydrogens (primary N) is 1. The van der Waals surface area contributed by atoms with Crippen LogP contribution in [0.5, 0.6) is 0 Å². The first-order valence-corrected chi connectivity index (χ1v) is 14.9. The minimum absolute atomic E-state index is 0.105. The number of sulfone groups is 1. The fourth-order valence-corrected chi connectivity index (χ4v) is 5.36. The summed E-state index contributed by atoms with van der Waals surface area (Å²) in [5, 5.41) is 9.73. The van der Waals surface area contributed by atoms with Gasteiger partial charge in [-0.15, -0.1) is 0 Å². The summed E-state index contributed by atoms with van der Waals surface area (Å²) in [7, 11) is -3.65. The number of rotatable bonds is 7. The molecule has 2 aromatic carbocycles. The van der Waals surface area contributed by atoms with Gasteiger partial charge in [-0.3, -0.25) is 14.9 Å². The van der Waals surface area contributed by atoms with Crippen LogP contribution in [0.3, 0.4) is 0 Å². The van der Waals surface area contributed by atoms with Crippen molar-refractivity contribution in [3.05, 3.63) is 78.5 Å². The van der Waals surface area contributed by atoms with Crippen LogP contribution in [0.1, 0.15) is 24.3 Å². The number of pyridine rings is 2. The van der Waals surface area contributed by atoms with E-state index in [1.807, 2.05) is 24.3 Å². The van der Waals surface area contributed by atoms with Gasteiger partial charge in [0.25, 0.3) is 0 Å². The highest BCUT2D eigenvalue weighted by Crippen LogP contribution is 2.34. The molecule has 6 aromatic rings. The normalized spacial score (nSPS) is 12.6. The Morgan fingerprint density at radius 2 is 1.90 bits per heavy atom. The molecule has 4 aromatic heterocycles. The second-order valence-electron chi connectivity index (χ2n) is 9.86. The number of hydrogen-bond donors (Lipinski definition) is 4. The van der Waals surface area contributed by atoms with Crippen molar-refractivity contribution in [3.63, 3.8) is 0 Å². The summed E-state index contributed by atoms with van der Waals surface area (Å²) in [6, 6.07) is 13.2. The van der Waals surface area contributed by atoms with E-state index in [1.165, 1.54) is 6.07 Å². The number of amides is 1. The molecular weight excluding hydrogens is 559 g/mol. The van der Waals surface area contributed by atoms with Crippen molar-refractivity contribution in [2.24, 2.45) is 5.73 Å². The first kappa shape index (κ1) is 27.2. The molecule has 1 atom stereocenters. The number of hydrogen-bond acceptors (Lipinski definition) is 8. The molecule has 4 heterocycles. The fourth-order valence-electron chi connectivity index (χ4n) is 4.72. The molecule has 42 heavy (non-hydrogen) atoms. The fraction of sp³-hybridized carbons (Fsp3) is 0.138. The van der Waals surface area contributed by atoms with E-state index in [1.54, 1.807) is 37.6 Å². The topological polar surface area (TPSA) is 172 Å². The largest absolute Gasteiger partial charge is 0.325 e. The van der Waals surface area contributed by atoms with Crippen LogP contribution in [0.15, 0.2) is 67.1 Å². The number of halogens is 1. The lowest BCUT2D eigenvalue weighted by Gasteiger charge is -2.12. The van der Waals surface area contributed by atoms with Crippen LogP contribution in [0.4, 0.5) is 10.1 Å². The number of nitrogens with one attached hydrogen (secondary N) is 3. The van der Waals surface area contributed by atoms with Crippen LogP contribution in [-0.2, 0) is 14.6 Å². The summed E-state index contributed by atoms with van der Waals surface area (Å²) in [5.74, 6) is -0.298. The summed E-state index contributed by atoms with van der Waals surface area (Å²) in [5.41, 5.74) is 11.4. The standard InChI is InChI=1S/C29H25FN8O3S/c1-3-24(39)34-20-11-18(13-32-14-20)15-4-5-23-22(12-15)26(38-37-23)29-35-25-21(6-7-33-28(25)36-29)16-8-17(10-19(30)9-16)27(31)42(2,40)41/h4-14,27H,3,31H2,1-2H3,(H,34,39)(H,37,38)(H,33,35,36). The lowest BCUT2D eigenvalue weighted by molar-refractivity contribution is -0.115. The zero-order valence-corrected chi connectivity index (χ0v) is 23.3. The molecule has 1 unspecified atom stereocenters. The van der Waals surface area contributed by atoms with E-state index in [4.69, 9.17) is 10.7 Å². The Kier molecular flexibility index (Phi) is 6.75. The maximum atomic E-state index is 14.6. The van der Waals surface area contributed by atoms with E-state index >= 15 is 0 Å². The first-order valence-electron chi connectivity index (χ1n) is 12.9. The molecule has 0 aliphatic carbocycles. The van der Waals surface area contributed by atoms with E-state index < -0.39 is 21.0 Å². The van der Waals surface area contributed by atoms with Gasteiger partial charge in [0.15, 0.2) is 21.3 Å². The van der Waals surface area contributed by atoms with E-state index in [2.05, 4.69) is 30.5 Å². The molecule has 212 valence electrons. The molecule has 0 aliphatic heterocycles. The molecule has 11 nitrogen and oxygen atoms in total. The number of carbonyl (C=O) groups is 1. The van der Waals surface area contributed by atoms with E-state index in [0.717, 1.165) is 34.4 Å². The smallest absolute Gasteiger partial charge is 0.224 e. The Morgan fingerprint density at radius 1 is 1.07 bits per heavy atom. The molecule has 6 rings (SSSR count). The molecule has 0 saturated carbocycles. The van der Waals surface area contributed by atoms with Crippen LogP contribution in [0.25, 0.3) is 55.8 Å². The second-order valence-corrected chi connectivity index (χ2v) is 12.0. The van der Waals surface area contributed by atoms with Crippen LogP contribution in [-0.4, -0.2) is 50.7 Å². The lowest BCUT2D eigenvalue weighted by Crippen LogP contribution is -2.20. The van der Waals surface area contributed by atoms with Gasteiger partial charge in [0.1, 0.15) is 22.4 Å². The lowest BCUT2D eigenvalue weighted by atomic mass is 10.0. The summed E-state index contributed by atoms with van der Waals surface area (Å²) in [4.78, 5) is 28.5. The number of fused-ring (bicyclic) bond motifs is 2. The average molecular weight is 585 g/mol. The summed E-state index contributed by atoms with van der Waals surface area (Å²) in [6.07, 6.45) is 6.22. The highest BCUT2D eigenvalue weighted by atomic mass is 32.2. The van der Waals surface area contributed by atoms with Crippen molar-refractivity contribution < 1.29 is 17.6 Å². The number of aromatic nitrogens is 6. The number of benzene rings is 2. The zero-order valence-electron chi connectivity index (χ0n) is 22.5. The van der Waals surface area contributed by atoms with Gasteiger partial charge in [0.2, 0.25) is 5.91 Å². The second kappa shape index (κ2) is 10.4. The van der Waals surface area contributed by atoms with Gasteiger partial charge in [-0.1, -0.05) is 13.0 Å². The zero-order chi connectivity index (χ0) is 29.6. The van der Waals surface area contributed by atoms with Crippen LogP contribution >= 0.6 is 0 Å². The Hall–Kier alpha value is -5.01. The molecule has 0 saturated heterocycles. The number of imidazole rings is 1. The number of aromatic amines is 2. The summed E-state index contributed by atoms with van der Waals surface area (Å²) in [6.45, 7) is 1.78. The third-order valence-corrected chi connectivity index (χ3v) is 8.06. The number of H-pyrrole nitrogens is 2. The monoisotopic (exact) mass is 584 g/mol. The average Bonchev–Trinajstić information content (AvgIpc) is 3.59. The summed E-state index contributed by atoms with van der Waals surface area (Å²) >= 11 is 0. The van der Waals surface area contributed by atoms with Gasteiger partial charge in [0.05, 0.1) is 17.4 Å². The predicted octanol–water partition coefficient (Wildman–Crippen LogP) is 4.72. The van der Waals surface area contributed by atoms with E-state index in [9.17, 15) is 17.6 Å². The first-order chi connectivity index (χ1) is 20.1. The number of nitrogens with zero attached hydrogens (tertiary/aromatic N) is 4. The highest BCUT2D eigenvalue weighted by molar-refractivity contribution is 7.90. The summed E-state index contributed by atoms with van der Waals surface area (Å²) < 4.78 is 38.7. The maximum Gasteiger partial charge on any atom is 0.224 e. The predicted molar refractivity (Wildman–Crippen MR) is 158 cm³/mol. The minimum atomic E-state index is -3.65. The van der Waals surface area contributed by atoms with Crippen molar-refractivity contribution in [2.75, 3.05) is 11.6 Å². The van der Waals surface area contributed by atoms with Gasteiger partial charge in [-0.25, -0.2) is 22.8 Å². The van der Waals surface area contributed by atoms with Crippen molar-refractivity contribution in [1.82, 2.24) is 30.1 Å². The molecule has 0 radical (unpaired) electrons. The Balaban J connectivity index is 1.42. The van der Waals surface area contributed by atoms with Gasteiger partial charge in [-0.05, 0) is 59.2 Å².